The van der Waals surface area contributed by atoms with E-state index in [2.05, 4.69) is 55.1 Å². The topological polar surface area (TPSA) is 29.3 Å². The Morgan fingerprint density at radius 3 is 2.74 bits per heavy atom. The van der Waals surface area contributed by atoms with Gasteiger partial charge in [0.05, 0.1) is 0 Å². The van der Waals surface area contributed by atoms with E-state index in [0.717, 1.165) is 18.7 Å². The van der Waals surface area contributed by atoms with Crippen LogP contribution in [0.2, 0.25) is 0 Å². The molecule has 3 rings (SSSR count). The molecule has 1 aliphatic heterocycles. The molecule has 1 atom stereocenters. The number of rotatable bonds is 1. The highest BCUT2D eigenvalue weighted by Crippen LogP contribution is 2.37. The molecular formula is C17H20N2. The molecule has 2 aromatic carbocycles. The monoisotopic (exact) mass is 252 g/mol. The van der Waals surface area contributed by atoms with Crippen molar-refractivity contribution >= 4 is 17.1 Å². The molecule has 0 amide bonds. The summed E-state index contributed by atoms with van der Waals surface area (Å²) in [6.45, 7) is 5.52. The summed E-state index contributed by atoms with van der Waals surface area (Å²) in [6, 6.07) is 14.9. The largest absolute Gasteiger partial charge is 0.399 e. The Kier molecular flexibility index (Phi) is 2.94. The Hall–Kier alpha value is -1.96. The van der Waals surface area contributed by atoms with Crippen molar-refractivity contribution in [2.45, 2.75) is 20.3 Å². The van der Waals surface area contributed by atoms with Crippen LogP contribution in [0, 0.1) is 12.8 Å². The second kappa shape index (κ2) is 4.61. The third kappa shape index (κ3) is 2.19. The maximum atomic E-state index is 5.96. The first-order valence-corrected chi connectivity index (χ1v) is 6.86. The van der Waals surface area contributed by atoms with Gasteiger partial charge in [-0.3, -0.25) is 0 Å². The Morgan fingerprint density at radius 1 is 1.11 bits per heavy atom. The third-order valence-electron chi connectivity index (χ3n) is 3.87. The van der Waals surface area contributed by atoms with Crippen molar-refractivity contribution in [2.24, 2.45) is 5.92 Å². The Balaban J connectivity index is 2.12. The SMILES string of the molecule is Cc1ccc(N)cc1N1CC(C)Cc2ccccc21. The van der Waals surface area contributed by atoms with Gasteiger partial charge in [-0.05, 0) is 48.6 Å². The summed E-state index contributed by atoms with van der Waals surface area (Å²) in [4.78, 5) is 2.41. The molecule has 2 nitrogen and oxygen atoms in total. The van der Waals surface area contributed by atoms with Crippen LogP contribution in [0.15, 0.2) is 42.5 Å². The van der Waals surface area contributed by atoms with Gasteiger partial charge >= 0.3 is 0 Å². The molecule has 1 unspecified atom stereocenters. The van der Waals surface area contributed by atoms with Gasteiger partial charge in [-0.15, -0.1) is 0 Å². The number of aryl methyl sites for hydroxylation is 1. The minimum absolute atomic E-state index is 0.663. The third-order valence-corrected chi connectivity index (χ3v) is 3.87. The summed E-state index contributed by atoms with van der Waals surface area (Å²) in [7, 11) is 0. The zero-order chi connectivity index (χ0) is 13.4. The predicted octanol–water partition coefficient (Wildman–Crippen LogP) is 3.91. The summed E-state index contributed by atoms with van der Waals surface area (Å²) < 4.78 is 0. The highest BCUT2D eigenvalue weighted by Gasteiger charge is 2.23. The summed E-state index contributed by atoms with van der Waals surface area (Å²) in [5.74, 6) is 0.663. The van der Waals surface area contributed by atoms with E-state index in [0.29, 0.717) is 5.92 Å². The molecule has 98 valence electrons. The second-order valence-corrected chi connectivity index (χ2v) is 5.59. The summed E-state index contributed by atoms with van der Waals surface area (Å²) in [5.41, 5.74) is 12.1. The fourth-order valence-corrected chi connectivity index (χ4v) is 2.94. The lowest BCUT2D eigenvalue weighted by Crippen LogP contribution is -2.30. The van der Waals surface area contributed by atoms with Gasteiger partial charge in [-0.25, -0.2) is 0 Å². The van der Waals surface area contributed by atoms with E-state index < -0.39 is 0 Å². The highest BCUT2D eigenvalue weighted by molar-refractivity contribution is 5.72. The quantitative estimate of drug-likeness (QED) is 0.780. The molecule has 0 spiro atoms. The molecule has 2 heteroatoms. The molecule has 0 saturated heterocycles. The van der Waals surface area contributed by atoms with Crippen LogP contribution in [0.3, 0.4) is 0 Å². The molecule has 0 aromatic heterocycles. The lowest BCUT2D eigenvalue weighted by atomic mass is 9.93. The fraction of sp³-hybridized carbons (Fsp3) is 0.294. The van der Waals surface area contributed by atoms with Gasteiger partial charge in [0.15, 0.2) is 0 Å². The number of fused-ring (bicyclic) bond motifs is 1. The van der Waals surface area contributed by atoms with Crippen LogP contribution in [0.4, 0.5) is 17.1 Å². The lowest BCUT2D eigenvalue weighted by Gasteiger charge is -2.35. The predicted molar refractivity (Wildman–Crippen MR) is 81.9 cm³/mol. The number of hydrogen-bond donors (Lipinski definition) is 1. The van der Waals surface area contributed by atoms with Crippen LogP contribution in [-0.4, -0.2) is 6.54 Å². The molecular weight excluding hydrogens is 232 g/mol. The van der Waals surface area contributed by atoms with Crippen molar-refractivity contribution in [3.8, 4) is 0 Å². The van der Waals surface area contributed by atoms with Crippen molar-refractivity contribution in [3.05, 3.63) is 53.6 Å². The fourth-order valence-electron chi connectivity index (χ4n) is 2.94. The van der Waals surface area contributed by atoms with Crippen LogP contribution in [-0.2, 0) is 6.42 Å². The second-order valence-electron chi connectivity index (χ2n) is 5.59. The van der Waals surface area contributed by atoms with E-state index in [-0.39, 0.29) is 0 Å². The van der Waals surface area contributed by atoms with Gasteiger partial charge in [-0.2, -0.15) is 0 Å². The van der Waals surface area contributed by atoms with E-state index in [1.165, 1.54) is 22.5 Å². The van der Waals surface area contributed by atoms with E-state index in [4.69, 9.17) is 5.73 Å². The lowest BCUT2D eigenvalue weighted by molar-refractivity contribution is 0.562. The molecule has 0 fully saturated rings. The van der Waals surface area contributed by atoms with E-state index in [1.807, 2.05) is 6.07 Å². The number of benzene rings is 2. The Labute approximate surface area is 114 Å². The van der Waals surface area contributed by atoms with Crippen LogP contribution in [0.25, 0.3) is 0 Å². The van der Waals surface area contributed by atoms with Crippen molar-refractivity contribution in [2.75, 3.05) is 17.2 Å². The Bertz CT molecular complexity index is 604. The number of hydrogen-bond acceptors (Lipinski definition) is 2. The van der Waals surface area contributed by atoms with Crippen molar-refractivity contribution in [3.63, 3.8) is 0 Å². The van der Waals surface area contributed by atoms with Gasteiger partial charge < -0.3 is 10.6 Å². The van der Waals surface area contributed by atoms with Crippen LogP contribution in [0.5, 0.6) is 0 Å². The first-order chi connectivity index (χ1) is 9.15. The van der Waals surface area contributed by atoms with E-state index >= 15 is 0 Å². The molecule has 1 heterocycles. The van der Waals surface area contributed by atoms with Gasteiger partial charge in [0.2, 0.25) is 0 Å². The van der Waals surface area contributed by atoms with Gasteiger partial charge in [0, 0.05) is 23.6 Å². The summed E-state index contributed by atoms with van der Waals surface area (Å²) >= 11 is 0. The van der Waals surface area contributed by atoms with Gasteiger partial charge in [0.25, 0.3) is 0 Å². The number of para-hydroxylation sites is 1. The maximum Gasteiger partial charge on any atom is 0.0461 e. The molecule has 2 aromatic rings. The maximum absolute atomic E-state index is 5.96. The normalized spacial score (nSPS) is 18.2. The zero-order valence-corrected chi connectivity index (χ0v) is 11.6. The number of nitrogens with zero attached hydrogens (tertiary/aromatic N) is 1. The number of nitrogen functional groups attached to an aromatic ring is 1. The Morgan fingerprint density at radius 2 is 1.89 bits per heavy atom. The highest BCUT2D eigenvalue weighted by atomic mass is 15.1. The molecule has 0 radical (unpaired) electrons. The number of anilines is 3. The summed E-state index contributed by atoms with van der Waals surface area (Å²) in [6.07, 6.45) is 1.16. The first-order valence-electron chi connectivity index (χ1n) is 6.86. The van der Waals surface area contributed by atoms with Gasteiger partial charge in [-0.1, -0.05) is 31.2 Å². The molecule has 0 aliphatic carbocycles. The standard InChI is InChI=1S/C17H20N2/c1-12-9-14-5-3-4-6-16(14)19(11-12)17-10-15(18)8-7-13(17)2/h3-8,10,12H,9,11,18H2,1-2H3. The van der Waals surface area contributed by atoms with Crippen LogP contribution >= 0.6 is 0 Å². The molecule has 2 N–H and O–H groups in total. The van der Waals surface area contributed by atoms with Gasteiger partial charge in [0.1, 0.15) is 0 Å². The minimum Gasteiger partial charge on any atom is -0.399 e. The molecule has 1 aliphatic rings. The average molecular weight is 252 g/mol. The first kappa shape index (κ1) is 12.1. The van der Waals surface area contributed by atoms with Crippen molar-refractivity contribution in [1.82, 2.24) is 0 Å². The summed E-state index contributed by atoms with van der Waals surface area (Å²) in [5, 5.41) is 0. The van der Waals surface area contributed by atoms with E-state index in [1.54, 1.807) is 0 Å². The smallest absolute Gasteiger partial charge is 0.0461 e. The van der Waals surface area contributed by atoms with E-state index in [9.17, 15) is 0 Å². The van der Waals surface area contributed by atoms with Crippen molar-refractivity contribution < 1.29 is 0 Å². The average Bonchev–Trinajstić information content (AvgIpc) is 2.40. The molecule has 0 bridgehead atoms. The number of nitrogens with two attached hydrogens (primary N) is 1. The molecule has 0 saturated carbocycles. The minimum atomic E-state index is 0.663. The van der Waals surface area contributed by atoms with Crippen LogP contribution in [0.1, 0.15) is 18.1 Å². The zero-order valence-electron chi connectivity index (χ0n) is 11.6. The van der Waals surface area contributed by atoms with Crippen molar-refractivity contribution in [1.29, 1.82) is 0 Å². The van der Waals surface area contributed by atoms with Crippen LogP contribution < -0.4 is 10.6 Å². The molecule has 19 heavy (non-hydrogen) atoms.